The van der Waals surface area contributed by atoms with Crippen LogP contribution in [0.25, 0.3) is 0 Å². The van der Waals surface area contributed by atoms with Crippen molar-refractivity contribution in [3.8, 4) is 5.88 Å². The maximum absolute atomic E-state index is 12.8. The van der Waals surface area contributed by atoms with E-state index in [1.165, 1.54) is 6.20 Å². The van der Waals surface area contributed by atoms with Crippen molar-refractivity contribution in [1.29, 1.82) is 0 Å². The lowest BCUT2D eigenvalue weighted by Gasteiger charge is -2.32. The Bertz CT molecular complexity index is 611. The minimum Gasteiger partial charge on any atom is -0.475 e. The molecule has 0 aliphatic carbocycles. The van der Waals surface area contributed by atoms with Crippen molar-refractivity contribution >= 4 is 11.8 Å². The van der Waals surface area contributed by atoms with Gasteiger partial charge in [-0.25, -0.2) is 4.98 Å². The summed E-state index contributed by atoms with van der Waals surface area (Å²) in [4.78, 5) is 33.3. The minimum atomic E-state index is -0.378. The summed E-state index contributed by atoms with van der Waals surface area (Å²) in [6, 6.07) is 3.03. The molecule has 2 aliphatic rings. The number of hydrogen-bond acceptors (Lipinski definition) is 5. The number of carbonyl (C=O) groups is 2. The van der Waals surface area contributed by atoms with Gasteiger partial charge < -0.3 is 19.3 Å². The molecule has 1 aromatic rings. The molecule has 2 aliphatic heterocycles. The quantitative estimate of drug-likeness (QED) is 0.822. The predicted octanol–water partition coefficient (Wildman–Crippen LogP) is 1.33. The van der Waals surface area contributed by atoms with Crippen molar-refractivity contribution in [3.05, 3.63) is 23.9 Å². The summed E-state index contributed by atoms with van der Waals surface area (Å²) >= 11 is 0. The van der Waals surface area contributed by atoms with Gasteiger partial charge in [0.15, 0.2) is 0 Å². The van der Waals surface area contributed by atoms with Crippen molar-refractivity contribution in [2.24, 2.45) is 0 Å². The molecule has 0 bridgehead atoms. The Balaban J connectivity index is 1.68. The molecule has 25 heavy (non-hydrogen) atoms. The molecule has 0 N–H and O–H groups in total. The van der Waals surface area contributed by atoms with Gasteiger partial charge in [0.05, 0.1) is 24.9 Å². The van der Waals surface area contributed by atoms with Gasteiger partial charge in [-0.3, -0.25) is 9.59 Å². The van der Waals surface area contributed by atoms with Gasteiger partial charge in [0.25, 0.3) is 5.91 Å². The number of likely N-dealkylation sites (tertiary alicyclic amines) is 1. The van der Waals surface area contributed by atoms with Crippen LogP contribution >= 0.6 is 0 Å². The molecule has 1 aromatic heterocycles. The Labute approximate surface area is 147 Å². The first kappa shape index (κ1) is 17.7. The van der Waals surface area contributed by atoms with E-state index in [0.29, 0.717) is 50.7 Å². The van der Waals surface area contributed by atoms with E-state index in [-0.39, 0.29) is 24.0 Å². The number of nitrogens with zero attached hydrogens (tertiary/aromatic N) is 3. The van der Waals surface area contributed by atoms with Crippen molar-refractivity contribution in [1.82, 2.24) is 14.8 Å². The zero-order valence-electron chi connectivity index (χ0n) is 14.8. The number of carbonyl (C=O) groups excluding carboxylic acids is 2. The minimum absolute atomic E-state index is 0.0295. The molecule has 1 unspecified atom stereocenters. The Morgan fingerprint density at radius 2 is 2.00 bits per heavy atom. The van der Waals surface area contributed by atoms with E-state index in [9.17, 15) is 9.59 Å². The van der Waals surface area contributed by atoms with Gasteiger partial charge in [-0.1, -0.05) is 0 Å². The monoisotopic (exact) mass is 347 g/mol. The van der Waals surface area contributed by atoms with Crippen LogP contribution in [0.5, 0.6) is 5.88 Å². The summed E-state index contributed by atoms with van der Waals surface area (Å²) in [5, 5.41) is 0. The lowest BCUT2D eigenvalue weighted by Crippen LogP contribution is -2.51. The first-order chi connectivity index (χ1) is 12.1. The Morgan fingerprint density at radius 3 is 2.64 bits per heavy atom. The highest BCUT2D eigenvalue weighted by Crippen LogP contribution is 2.23. The third-order valence-corrected chi connectivity index (χ3v) is 4.46. The summed E-state index contributed by atoms with van der Waals surface area (Å²) < 4.78 is 10.8. The zero-order chi connectivity index (χ0) is 17.8. The summed E-state index contributed by atoms with van der Waals surface area (Å²) in [6.45, 7) is 6.77. The second kappa shape index (κ2) is 7.82. The number of amides is 2. The van der Waals surface area contributed by atoms with Crippen LogP contribution in [0.1, 0.15) is 37.0 Å². The Kier molecular flexibility index (Phi) is 5.53. The number of ether oxygens (including phenoxy) is 2. The van der Waals surface area contributed by atoms with Crippen LogP contribution in [0.3, 0.4) is 0 Å². The van der Waals surface area contributed by atoms with E-state index in [4.69, 9.17) is 9.47 Å². The lowest BCUT2D eigenvalue weighted by atomic mass is 10.1. The molecule has 7 heteroatoms. The number of morpholine rings is 1. The van der Waals surface area contributed by atoms with Gasteiger partial charge >= 0.3 is 0 Å². The van der Waals surface area contributed by atoms with Gasteiger partial charge in [-0.2, -0.15) is 0 Å². The van der Waals surface area contributed by atoms with Gasteiger partial charge in [-0.05, 0) is 32.8 Å². The summed E-state index contributed by atoms with van der Waals surface area (Å²) in [6.07, 6.45) is 3.11. The first-order valence-corrected chi connectivity index (χ1v) is 8.86. The van der Waals surface area contributed by atoms with Crippen LogP contribution in [0.4, 0.5) is 0 Å². The highest BCUT2D eigenvalue weighted by Gasteiger charge is 2.37. The SMILES string of the molecule is CC(C)Oc1ccc(C(=O)N2CCCC2C(=O)N2CCOCC2)cn1. The van der Waals surface area contributed by atoms with Crippen molar-refractivity contribution < 1.29 is 19.1 Å². The second-order valence-corrected chi connectivity index (χ2v) is 6.65. The molecule has 2 saturated heterocycles. The third-order valence-electron chi connectivity index (χ3n) is 4.46. The highest BCUT2D eigenvalue weighted by atomic mass is 16.5. The first-order valence-electron chi connectivity index (χ1n) is 8.86. The zero-order valence-corrected chi connectivity index (χ0v) is 14.8. The average Bonchev–Trinajstić information content (AvgIpc) is 3.11. The Morgan fingerprint density at radius 1 is 1.24 bits per heavy atom. The molecule has 2 amide bonds. The van der Waals surface area contributed by atoms with Crippen LogP contribution < -0.4 is 4.74 Å². The van der Waals surface area contributed by atoms with E-state index in [1.807, 2.05) is 13.8 Å². The molecule has 3 heterocycles. The molecule has 136 valence electrons. The normalized spacial score (nSPS) is 20.8. The molecule has 0 saturated carbocycles. The van der Waals surface area contributed by atoms with E-state index in [1.54, 1.807) is 21.9 Å². The van der Waals surface area contributed by atoms with Crippen LogP contribution in [0.2, 0.25) is 0 Å². The summed E-state index contributed by atoms with van der Waals surface area (Å²) in [5.41, 5.74) is 0.484. The van der Waals surface area contributed by atoms with Crippen LogP contribution in [-0.4, -0.2) is 71.6 Å². The second-order valence-electron chi connectivity index (χ2n) is 6.65. The average molecular weight is 347 g/mol. The van der Waals surface area contributed by atoms with Gasteiger partial charge in [0.2, 0.25) is 11.8 Å². The molecule has 0 spiro atoms. The summed E-state index contributed by atoms with van der Waals surface area (Å²) in [5.74, 6) is 0.378. The highest BCUT2D eigenvalue weighted by molar-refractivity contribution is 5.97. The number of hydrogen-bond donors (Lipinski definition) is 0. The molecular weight excluding hydrogens is 322 g/mol. The lowest BCUT2D eigenvalue weighted by molar-refractivity contribution is -0.139. The van der Waals surface area contributed by atoms with Crippen LogP contribution in [0, 0.1) is 0 Å². The fourth-order valence-electron chi connectivity index (χ4n) is 3.24. The molecule has 1 atom stereocenters. The van der Waals surface area contributed by atoms with E-state index in [0.717, 1.165) is 6.42 Å². The maximum atomic E-state index is 12.8. The largest absolute Gasteiger partial charge is 0.475 e. The van der Waals surface area contributed by atoms with Gasteiger partial charge in [0, 0.05) is 31.9 Å². The number of pyridine rings is 1. The molecule has 3 rings (SSSR count). The van der Waals surface area contributed by atoms with Crippen LogP contribution in [-0.2, 0) is 9.53 Å². The fraction of sp³-hybridized carbons (Fsp3) is 0.611. The van der Waals surface area contributed by atoms with Gasteiger partial charge in [0.1, 0.15) is 6.04 Å². The molecule has 2 fully saturated rings. The molecule has 7 nitrogen and oxygen atoms in total. The topological polar surface area (TPSA) is 72.0 Å². The fourth-order valence-corrected chi connectivity index (χ4v) is 3.24. The van der Waals surface area contributed by atoms with Crippen LogP contribution in [0.15, 0.2) is 18.3 Å². The predicted molar refractivity (Wildman–Crippen MR) is 91.5 cm³/mol. The van der Waals surface area contributed by atoms with Crippen molar-refractivity contribution in [2.75, 3.05) is 32.8 Å². The number of aromatic nitrogens is 1. The van der Waals surface area contributed by atoms with E-state index in [2.05, 4.69) is 4.98 Å². The van der Waals surface area contributed by atoms with E-state index >= 15 is 0 Å². The number of rotatable bonds is 4. The van der Waals surface area contributed by atoms with Crippen molar-refractivity contribution in [2.45, 2.75) is 38.8 Å². The van der Waals surface area contributed by atoms with E-state index < -0.39 is 0 Å². The standard InChI is InChI=1S/C18H25N3O4/c1-13(2)25-16-6-5-14(12-19-16)17(22)21-7-3-4-15(21)18(23)20-8-10-24-11-9-20/h5-6,12-13,15H,3-4,7-11H2,1-2H3. The third kappa shape index (κ3) is 4.10. The van der Waals surface area contributed by atoms with Gasteiger partial charge in [-0.15, -0.1) is 0 Å². The molecule has 0 aromatic carbocycles. The smallest absolute Gasteiger partial charge is 0.256 e. The Hall–Kier alpha value is -2.15. The summed E-state index contributed by atoms with van der Waals surface area (Å²) in [7, 11) is 0. The molecular formula is C18H25N3O4. The van der Waals surface area contributed by atoms with Crippen molar-refractivity contribution in [3.63, 3.8) is 0 Å². The maximum Gasteiger partial charge on any atom is 0.256 e. The molecule has 0 radical (unpaired) electrons.